The number of ether oxygens (including phenoxy) is 4. The first kappa shape index (κ1) is 102. The van der Waals surface area contributed by atoms with E-state index in [4.69, 9.17) is 23.9 Å². The van der Waals surface area contributed by atoms with Gasteiger partial charge in [0.2, 0.25) is 23.6 Å². The molecule has 12 aromatic rings. The molecule has 40 heteroatoms. The Morgan fingerprint density at radius 1 is 0.310 bits per heavy atom. The third-order valence-electron chi connectivity index (χ3n) is 25.7. The lowest BCUT2D eigenvalue weighted by Crippen LogP contribution is -2.45. The normalized spacial score (nSPS) is 17.6. The van der Waals surface area contributed by atoms with Gasteiger partial charge in [0.15, 0.2) is 23.5 Å². The van der Waals surface area contributed by atoms with Crippen molar-refractivity contribution in [2.75, 3.05) is 205 Å². The molecule has 8 aromatic heterocycles. The first-order chi connectivity index (χ1) is 69.2. The summed E-state index contributed by atoms with van der Waals surface area (Å²) in [7, 11) is 11.7. The summed E-state index contributed by atoms with van der Waals surface area (Å²) in [5.74, 6) is 5.22. The van der Waals surface area contributed by atoms with Crippen LogP contribution in [0.3, 0.4) is 0 Å². The van der Waals surface area contributed by atoms with Gasteiger partial charge in [-0.05, 0) is 171 Å². The maximum Gasteiger partial charge on any atom is 0.222 e. The highest BCUT2D eigenvalue weighted by atomic mass is 16.5. The number of aromatic nitrogens is 12. The van der Waals surface area contributed by atoms with Gasteiger partial charge in [-0.1, -0.05) is 18.6 Å². The van der Waals surface area contributed by atoms with Gasteiger partial charge in [-0.15, -0.1) is 0 Å². The van der Waals surface area contributed by atoms with Crippen molar-refractivity contribution in [1.82, 2.24) is 89.2 Å². The van der Waals surface area contributed by atoms with Crippen LogP contribution in [0.4, 0.5) is 57.4 Å². The van der Waals surface area contributed by atoms with Gasteiger partial charge in [-0.2, -0.15) is 0 Å². The highest BCUT2D eigenvalue weighted by Crippen LogP contribution is 2.39. The summed E-state index contributed by atoms with van der Waals surface area (Å²) in [6, 6.07) is 27.3. The Kier molecular flexibility index (Phi) is 36.4. The smallest absolute Gasteiger partial charge is 0.222 e. The van der Waals surface area contributed by atoms with Crippen molar-refractivity contribution in [3.05, 3.63) is 138 Å². The first-order valence-electron chi connectivity index (χ1n) is 49.3. The number of morpholine rings is 1. The molecule has 2 fully saturated rings. The zero-order valence-electron chi connectivity index (χ0n) is 82.0. The predicted octanol–water partition coefficient (Wildman–Crippen LogP) is 13.8. The molecule has 18 rings (SSSR count). The molecule has 2 saturated heterocycles. The van der Waals surface area contributed by atoms with E-state index in [1.54, 1.807) is 39.6 Å². The van der Waals surface area contributed by atoms with Crippen LogP contribution in [0.1, 0.15) is 150 Å². The number of likely N-dealkylation sites (N-methyl/N-ethyl adjacent to an activating group) is 1. The molecule has 6 aliphatic heterocycles. The number of carbonyl (C=O) groups excluding carboxylic acids is 4. The summed E-state index contributed by atoms with van der Waals surface area (Å²) in [4.78, 5) is 131. The highest BCUT2D eigenvalue weighted by Gasteiger charge is 2.26. The van der Waals surface area contributed by atoms with E-state index >= 15 is 0 Å². The highest BCUT2D eigenvalue weighted by molar-refractivity contribution is 6.09. The molecule has 0 aliphatic carbocycles. The number of rotatable bonds is 2. The van der Waals surface area contributed by atoms with Gasteiger partial charge in [0.05, 0.1) is 105 Å². The van der Waals surface area contributed by atoms with Crippen molar-refractivity contribution in [1.29, 1.82) is 0 Å². The van der Waals surface area contributed by atoms with Crippen molar-refractivity contribution >= 4 is 150 Å². The van der Waals surface area contributed by atoms with Crippen LogP contribution in [-0.4, -0.2) is 332 Å². The summed E-state index contributed by atoms with van der Waals surface area (Å²) >= 11 is 0. The van der Waals surface area contributed by atoms with Crippen LogP contribution in [0.2, 0.25) is 0 Å². The van der Waals surface area contributed by atoms with E-state index in [0.717, 1.165) is 172 Å². The SMILES string of the molecule is CN1CCCNc2ncnc3[nH]c(O)c(c23)C=Nc2ccc(N3CCOCC3)c(c2)OCCCCCC1=O.CN1CCCNc2ncnc3[nH]c(O)c(c23)C=Nc2cccc(c2)OCCCCC1=O.CN1CCCNc2ncnc3[nH]c(O)c(c23)C=Nc2cccc(c2)OCCCCCC1=O.CN1CCN(c2ccc3cc2CN(C)CCCCCC(=O)N(C)CCCNc2ncnc4[nH]c(O)c(c24)C=N3)CC1. The van der Waals surface area contributed by atoms with E-state index in [1.165, 1.54) is 36.6 Å². The number of piperazine rings is 1. The van der Waals surface area contributed by atoms with Crippen LogP contribution in [0.25, 0.3) is 44.1 Å². The molecular formula is C102H132N28O12. The second-order valence-electron chi connectivity index (χ2n) is 36.3. The number of aromatic hydroxyl groups is 4. The number of hydrogen-bond acceptors (Lipinski definition) is 32. The minimum atomic E-state index is -0.0267. The maximum atomic E-state index is 12.6. The van der Waals surface area contributed by atoms with Gasteiger partial charge in [0.1, 0.15) is 88.4 Å². The number of aromatic amines is 4. The second kappa shape index (κ2) is 50.9. The number of hydrogen-bond donors (Lipinski definition) is 12. The number of H-pyrrole nitrogens is 4. The van der Waals surface area contributed by atoms with Gasteiger partial charge in [-0.25, -0.2) is 39.9 Å². The quantitative estimate of drug-likeness (QED) is 0.0765. The van der Waals surface area contributed by atoms with Crippen molar-refractivity contribution in [3.63, 3.8) is 0 Å². The first-order valence-corrected chi connectivity index (χ1v) is 49.3. The van der Waals surface area contributed by atoms with Crippen molar-refractivity contribution in [3.8, 4) is 40.8 Å². The Balaban J connectivity index is 0.000000144. The monoisotopic (exact) mass is 1940 g/mol. The average Bonchev–Trinajstić information content (AvgIpc) is 1.64. The Morgan fingerprint density at radius 2 is 0.655 bits per heavy atom. The summed E-state index contributed by atoms with van der Waals surface area (Å²) in [6.07, 6.45) is 27.5. The summed E-state index contributed by atoms with van der Waals surface area (Å²) in [5, 5.41) is 58.2. The fourth-order valence-electron chi connectivity index (χ4n) is 17.5. The molecule has 0 unspecified atom stereocenters. The molecule has 14 heterocycles. The number of amides is 4. The van der Waals surface area contributed by atoms with Crippen molar-refractivity contribution in [2.45, 2.75) is 129 Å². The molecule has 4 amide bonds. The zero-order valence-corrected chi connectivity index (χ0v) is 82.0. The molecule has 142 heavy (non-hydrogen) atoms. The molecule has 6 aliphatic rings. The number of aliphatic imine (C=N–C) groups is 4. The number of nitrogens with zero attached hydrogens (tertiary/aromatic N) is 20. The van der Waals surface area contributed by atoms with Gasteiger partial charge in [0, 0.05) is 201 Å². The summed E-state index contributed by atoms with van der Waals surface area (Å²) in [5.41, 5.74) is 10.6. The lowest BCUT2D eigenvalue weighted by Gasteiger charge is -2.35. The molecule has 0 spiro atoms. The molecule has 4 aromatic carbocycles. The summed E-state index contributed by atoms with van der Waals surface area (Å²) < 4.78 is 23.4. The van der Waals surface area contributed by atoms with E-state index in [9.17, 15) is 39.6 Å². The Hall–Kier alpha value is -14.8. The van der Waals surface area contributed by atoms with Crippen LogP contribution in [0, 0.1) is 0 Å². The lowest BCUT2D eigenvalue weighted by atomic mass is 10.1. The largest absolute Gasteiger partial charge is 0.494 e. The van der Waals surface area contributed by atoms with Crippen molar-refractivity contribution in [2.24, 2.45) is 20.0 Å². The fourth-order valence-corrected chi connectivity index (χ4v) is 17.5. The van der Waals surface area contributed by atoms with Crippen LogP contribution in [-0.2, 0) is 30.5 Å². The maximum absolute atomic E-state index is 12.6. The van der Waals surface area contributed by atoms with Crippen LogP contribution in [0.15, 0.2) is 130 Å². The van der Waals surface area contributed by atoms with Gasteiger partial charge < -0.3 is 120 Å². The molecule has 0 radical (unpaired) electrons. The number of carbonyl (C=O) groups is 4. The van der Waals surface area contributed by atoms with E-state index < -0.39 is 0 Å². The van der Waals surface area contributed by atoms with Gasteiger partial charge >= 0.3 is 0 Å². The third kappa shape index (κ3) is 27.9. The zero-order chi connectivity index (χ0) is 99.1. The number of fused-ring (bicyclic) bond motifs is 8. The molecule has 752 valence electrons. The van der Waals surface area contributed by atoms with Crippen LogP contribution in [0.5, 0.6) is 40.8 Å². The van der Waals surface area contributed by atoms with Crippen LogP contribution >= 0.6 is 0 Å². The molecule has 8 bridgehead atoms. The van der Waals surface area contributed by atoms with Gasteiger partial charge in [-0.3, -0.25) is 39.1 Å². The number of anilines is 6. The van der Waals surface area contributed by atoms with E-state index in [2.05, 4.69) is 148 Å². The standard InChI is InChI=1S/C30H43N9O2.C27H35N7O4.C23H28N6O3.C22H26N6O3/c1-36-14-16-39(17-15-36)25-10-9-23-18-22(25)20-37(2)12-6-4-5-8-26(40)38(3)13-7-11-31-28-27-24(19-32-23)30(41)35-29(27)34-21-33-28;1-33-10-5-9-28-25-24-20(27(36)32-26(24)31-18-30-25)17-29-19-7-8-21(34-11-14-37-15-12-34)22(16-19)38-13-4-2-3-6-23(33)35;1-29-11-6-10-24-21-20-18(23(31)28-22(20)27-15-26-21)14-25-16-7-5-8-17(13-16)32-12-4-2-3-9-19(29)30;1-28-10-5-9-23-20-19-17(22(30)27-21(19)26-14-25-20)13-24-15-6-4-7-16(12-15)31-11-3-2-8-18(28)29/h9-10,18-19,21,41H,4-8,11-17,20H2,1-3H3,(H2,31,33,34,35);7-8,16-18,36H,2-6,9-15H2,1H3,(H2,28,30,31,32);5,7-8,13-15,31H,2-4,6,9-12H2,1H3,(H2,24,26,27,28);4,6-7,12-14,30H,2-3,5,8-11H2,1H3,(H2,23,25,26,27). The average molecular weight is 1940 g/mol. The third-order valence-corrected chi connectivity index (χ3v) is 25.7. The summed E-state index contributed by atoms with van der Waals surface area (Å²) in [6.45, 7) is 15.6. The molecule has 12 N–H and O–H groups in total. The number of nitrogens with one attached hydrogen (secondary N) is 8. The Bertz CT molecular complexity index is 6360. The van der Waals surface area contributed by atoms with E-state index in [-0.39, 0.29) is 47.1 Å². The van der Waals surface area contributed by atoms with E-state index in [0.29, 0.717) is 224 Å². The number of benzene rings is 4. The van der Waals surface area contributed by atoms with Crippen LogP contribution < -0.4 is 45.3 Å². The molecule has 0 saturated carbocycles. The molecular weight excluding hydrogens is 1810 g/mol. The fraction of sp³-hybridized carbons (Fsp3) is 0.451. The Morgan fingerprint density at radius 3 is 1.06 bits per heavy atom. The van der Waals surface area contributed by atoms with E-state index in [1.807, 2.05) is 99.8 Å². The minimum absolute atomic E-state index is 0.00466. The second-order valence-corrected chi connectivity index (χ2v) is 36.3. The van der Waals surface area contributed by atoms with Gasteiger partial charge in [0.25, 0.3) is 0 Å². The molecule has 40 nitrogen and oxygen atoms in total. The minimum Gasteiger partial charge on any atom is -0.494 e. The Labute approximate surface area is 825 Å². The van der Waals surface area contributed by atoms with Crippen molar-refractivity contribution < 1.29 is 58.6 Å². The predicted molar refractivity (Wildman–Crippen MR) is 555 cm³/mol. The molecule has 0 atom stereocenters. The lowest BCUT2D eigenvalue weighted by molar-refractivity contribution is -0.130. The topological polar surface area (TPSA) is 476 Å².